The van der Waals surface area contributed by atoms with E-state index in [9.17, 15) is 0 Å². The summed E-state index contributed by atoms with van der Waals surface area (Å²) >= 11 is 1.69. The predicted octanol–water partition coefficient (Wildman–Crippen LogP) is 1.88. The molecule has 1 aromatic carbocycles. The molecular formula is C14H16N6S. The monoisotopic (exact) mass is 300 g/mol. The summed E-state index contributed by atoms with van der Waals surface area (Å²) in [6.45, 7) is 1.84. The smallest absolute Gasteiger partial charge is 0.178 e. The van der Waals surface area contributed by atoms with E-state index in [2.05, 4.69) is 61.8 Å². The van der Waals surface area contributed by atoms with Crippen LogP contribution in [-0.4, -0.2) is 37.6 Å². The quantitative estimate of drug-likeness (QED) is 0.752. The van der Waals surface area contributed by atoms with Crippen molar-refractivity contribution < 1.29 is 0 Å². The number of hydrogen-bond acceptors (Lipinski definition) is 6. The average Bonchev–Trinajstić information content (AvgIpc) is 3.14. The number of H-pyrrole nitrogens is 1. The fourth-order valence-corrected chi connectivity index (χ4v) is 2.83. The summed E-state index contributed by atoms with van der Waals surface area (Å²) < 4.78 is 0. The second kappa shape index (κ2) is 6.55. The fraction of sp³-hybridized carbons (Fsp3) is 0.286. The Labute approximate surface area is 126 Å². The third-order valence-corrected chi connectivity index (χ3v) is 3.90. The molecule has 0 aliphatic rings. The van der Waals surface area contributed by atoms with Crippen molar-refractivity contribution in [2.75, 3.05) is 7.05 Å². The zero-order chi connectivity index (χ0) is 14.5. The van der Waals surface area contributed by atoms with Gasteiger partial charge in [0.2, 0.25) is 0 Å². The van der Waals surface area contributed by atoms with Crippen LogP contribution in [0.25, 0.3) is 0 Å². The van der Waals surface area contributed by atoms with Crippen LogP contribution in [0.3, 0.4) is 0 Å². The SMILES string of the molecule is CN(Cc1ccc(Cc2nn[nH]n2)cc1)Cc1cncs1. The van der Waals surface area contributed by atoms with Crippen LogP contribution in [0, 0.1) is 0 Å². The van der Waals surface area contributed by atoms with E-state index in [1.54, 1.807) is 11.3 Å². The Hall–Kier alpha value is -2.12. The number of thiazole rings is 1. The van der Waals surface area contributed by atoms with Gasteiger partial charge in [-0.05, 0) is 18.2 Å². The van der Waals surface area contributed by atoms with Gasteiger partial charge in [-0.25, -0.2) is 0 Å². The molecule has 2 heterocycles. The summed E-state index contributed by atoms with van der Waals surface area (Å²) in [6, 6.07) is 8.54. The predicted molar refractivity (Wildman–Crippen MR) is 80.7 cm³/mol. The first kappa shape index (κ1) is 13.8. The van der Waals surface area contributed by atoms with E-state index in [1.165, 1.54) is 16.0 Å². The van der Waals surface area contributed by atoms with E-state index in [4.69, 9.17) is 0 Å². The average molecular weight is 300 g/mol. The van der Waals surface area contributed by atoms with E-state index in [1.807, 2.05) is 11.7 Å². The van der Waals surface area contributed by atoms with Crippen molar-refractivity contribution in [3.8, 4) is 0 Å². The molecule has 0 amide bonds. The molecule has 0 unspecified atom stereocenters. The van der Waals surface area contributed by atoms with Gasteiger partial charge in [-0.1, -0.05) is 29.5 Å². The van der Waals surface area contributed by atoms with Crippen LogP contribution in [0.15, 0.2) is 36.0 Å². The highest BCUT2D eigenvalue weighted by Crippen LogP contribution is 2.13. The second-order valence-electron chi connectivity index (χ2n) is 4.96. The number of rotatable bonds is 6. The van der Waals surface area contributed by atoms with Gasteiger partial charge in [0.15, 0.2) is 5.82 Å². The molecule has 0 fully saturated rings. The standard InChI is InChI=1S/C14H16N6S/c1-20(9-13-7-15-10-21-13)8-12-4-2-11(3-5-12)6-14-16-18-19-17-14/h2-5,7,10H,6,8-9H2,1H3,(H,16,17,18,19). The van der Waals surface area contributed by atoms with E-state index in [-0.39, 0.29) is 0 Å². The summed E-state index contributed by atoms with van der Waals surface area (Å²) in [5, 5.41) is 14.0. The van der Waals surface area contributed by atoms with Crippen molar-refractivity contribution >= 4 is 11.3 Å². The lowest BCUT2D eigenvalue weighted by atomic mass is 10.1. The molecule has 108 valence electrons. The minimum absolute atomic E-state index is 0.702. The molecule has 21 heavy (non-hydrogen) atoms. The first-order valence-electron chi connectivity index (χ1n) is 6.65. The van der Waals surface area contributed by atoms with Gasteiger partial charge in [0.05, 0.1) is 5.51 Å². The first-order valence-corrected chi connectivity index (χ1v) is 7.53. The number of nitrogens with one attached hydrogen (secondary N) is 1. The molecule has 0 spiro atoms. The van der Waals surface area contributed by atoms with Gasteiger partial charge >= 0.3 is 0 Å². The van der Waals surface area contributed by atoms with E-state index in [0.29, 0.717) is 12.2 Å². The number of hydrogen-bond donors (Lipinski definition) is 1. The van der Waals surface area contributed by atoms with Crippen LogP contribution in [0.5, 0.6) is 0 Å². The number of nitrogens with zero attached hydrogens (tertiary/aromatic N) is 5. The summed E-state index contributed by atoms with van der Waals surface area (Å²) in [5.74, 6) is 0.713. The fourth-order valence-electron chi connectivity index (χ4n) is 2.16. The van der Waals surface area contributed by atoms with E-state index < -0.39 is 0 Å². The molecule has 0 radical (unpaired) electrons. The van der Waals surface area contributed by atoms with Crippen LogP contribution in [0.4, 0.5) is 0 Å². The third-order valence-electron chi connectivity index (χ3n) is 3.14. The Balaban J connectivity index is 1.56. The minimum atomic E-state index is 0.702. The Morgan fingerprint density at radius 3 is 2.62 bits per heavy atom. The number of tetrazole rings is 1. The van der Waals surface area contributed by atoms with Gasteiger partial charge in [0, 0.05) is 30.6 Å². The molecule has 7 heteroatoms. The van der Waals surface area contributed by atoms with Gasteiger partial charge < -0.3 is 0 Å². The molecule has 6 nitrogen and oxygen atoms in total. The van der Waals surface area contributed by atoms with Crippen LogP contribution in [0.2, 0.25) is 0 Å². The highest BCUT2D eigenvalue weighted by molar-refractivity contribution is 7.09. The highest BCUT2D eigenvalue weighted by atomic mass is 32.1. The van der Waals surface area contributed by atoms with Gasteiger partial charge in [-0.15, -0.1) is 21.5 Å². The van der Waals surface area contributed by atoms with Crippen LogP contribution < -0.4 is 0 Å². The molecule has 0 aliphatic carbocycles. The Bertz CT molecular complexity index is 647. The zero-order valence-electron chi connectivity index (χ0n) is 11.7. The second-order valence-corrected chi connectivity index (χ2v) is 5.93. The molecule has 1 N–H and O–H groups in total. The molecule has 0 saturated heterocycles. The molecule has 2 aromatic heterocycles. The van der Waals surface area contributed by atoms with Gasteiger partial charge in [0.25, 0.3) is 0 Å². The number of aromatic amines is 1. The van der Waals surface area contributed by atoms with Gasteiger partial charge in [-0.2, -0.15) is 5.21 Å². The van der Waals surface area contributed by atoms with E-state index >= 15 is 0 Å². The molecule has 3 aromatic rings. The van der Waals surface area contributed by atoms with Crippen LogP contribution in [0.1, 0.15) is 21.8 Å². The molecular weight excluding hydrogens is 284 g/mol. The number of benzene rings is 1. The normalized spacial score (nSPS) is 11.1. The van der Waals surface area contributed by atoms with Crippen LogP contribution in [-0.2, 0) is 19.5 Å². The minimum Gasteiger partial charge on any atom is -0.297 e. The molecule has 3 rings (SSSR count). The molecule has 0 saturated carbocycles. The maximum atomic E-state index is 4.10. The highest BCUT2D eigenvalue weighted by Gasteiger charge is 2.04. The summed E-state index contributed by atoms with van der Waals surface area (Å²) in [7, 11) is 2.12. The Morgan fingerprint density at radius 2 is 1.95 bits per heavy atom. The largest absolute Gasteiger partial charge is 0.297 e. The topological polar surface area (TPSA) is 70.6 Å². The molecule has 0 bridgehead atoms. The van der Waals surface area contributed by atoms with Crippen molar-refractivity contribution in [1.29, 1.82) is 0 Å². The lowest BCUT2D eigenvalue weighted by molar-refractivity contribution is 0.322. The lowest BCUT2D eigenvalue weighted by Gasteiger charge is -2.15. The van der Waals surface area contributed by atoms with Crippen LogP contribution >= 0.6 is 11.3 Å². The Kier molecular flexibility index (Phi) is 4.32. The third kappa shape index (κ3) is 3.93. The zero-order valence-corrected chi connectivity index (χ0v) is 12.5. The summed E-state index contributed by atoms with van der Waals surface area (Å²) in [5.41, 5.74) is 4.35. The van der Waals surface area contributed by atoms with Gasteiger partial charge in [0.1, 0.15) is 0 Å². The molecule has 0 aliphatic heterocycles. The van der Waals surface area contributed by atoms with Crippen molar-refractivity contribution in [1.82, 2.24) is 30.5 Å². The summed E-state index contributed by atoms with van der Waals surface area (Å²) in [4.78, 5) is 7.66. The summed E-state index contributed by atoms with van der Waals surface area (Å²) in [6.07, 6.45) is 2.63. The van der Waals surface area contributed by atoms with Gasteiger partial charge in [-0.3, -0.25) is 9.88 Å². The Morgan fingerprint density at radius 1 is 1.14 bits per heavy atom. The van der Waals surface area contributed by atoms with Crippen molar-refractivity contribution in [2.45, 2.75) is 19.5 Å². The van der Waals surface area contributed by atoms with Crippen molar-refractivity contribution in [3.63, 3.8) is 0 Å². The van der Waals surface area contributed by atoms with Crippen molar-refractivity contribution in [3.05, 3.63) is 57.8 Å². The first-order chi connectivity index (χ1) is 10.3. The number of aromatic nitrogens is 5. The maximum Gasteiger partial charge on any atom is 0.178 e. The van der Waals surface area contributed by atoms with E-state index in [0.717, 1.165) is 13.1 Å². The lowest BCUT2D eigenvalue weighted by Crippen LogP contribution is -2.16. The maximum absolute atomic E-state index is 4.10. The van der Waals surface area contributed by atoms with Crippen molar-refractivity contribution in [2.24, 2.45) is 0 Å². The molecule has 0 atom stereocenters.